The number of aliphatic hydroxyl groups is 1. The number of carbonyl (C=O) groups excluding carboxylic acids is 1. The molecule has 8 nitrogen and oxygen atoms in total. The number of rotatable bonds is 50. The number of likely N-dealkylation sites (N-methyl/N-ethyl adjacent to an activating group) is 1. The first-order valence-electron chi connectivity index (χ1n) is 27.2. The molecule has 0 aliphatic carbocycles. The second kappa shape index (κ2) is 46.1. The normalized spacial score (nSPS) is 14.2. The number of nitrogens with zero attached hydrogens (tertiary/aromatic N) is 1. The standard InChI is InChI=1S/C54H107N2O6P/c1-6-8-10-12-14-16-18-20-22-24-25-26-27-28-29-30-31-32-33-35-37-39-41-43-45-47-53(57)52(51-62-63(59,60)61-50-49-56(3,4)5)55-54(58)48-46-44-42-40-38-36-34-23-21-19-17-15-13-11-9-7-2/h17,19,23,34,52-53,57H,6-16,18,20-22,24-33,35-51H2,1-5H3,(H-,55,58,59,60)/b19-17-,34-23-. The van der Waals surface area contributed by atoms with Gasteiger partial charge < -0.3 is 28.8 Å². The Hall–Kier alpha value is -1.02. The zero-order valence-corrected chi connectivity index (χ0v) is 43.4. The molecule has 0 radical (unpaired) electrons. The van der Waals surface area contributed by atoms with Crippen molar-refractivity contribution >= 4 is 13.7 Å². The first-order valence-corrected chi connectivity index (χ1v) is 28.6. The first-order chi connectivity index (χ1) is 30.5. The van der Waals surface area contributed by atoms with E-state index >= 15 is 0 Å². The lowest BCUT2D eigenvalue weighted by atomic mass is 10.0. The topological polar surface area (TPSA) is 108 Å². The zero-order valence-electron chi connectivity index (χ0n) is 42.5. The number of nitrogens with one attached hydrogen (secondary N) is 1. The second-order valence-corrected chi connectivity index (χ2v) is 21.4. The van der Waals surface area contributed by atoms with Crippen molar-refractivity contribution < 1.29 is 32.9 Å². The molecule has 0 aliphatic rings. The maximum Gasteiger partial charge on any atom is 0.268 e. The lowest BCUT2D eigenvalue weighted by molar-refractivity contribution is -0.870. The molecule has 3 unspecified atom stereocenters. The van der Waals surface area contributed by atoms with Crippen LogP contribution in [0.1, 0.15) is 264 Å². The van der Waals surface area contributed by atoms with Crippen molar-refractivity contribution in [3.05, 3.63) is 24.3 Å². The minimum atomic E-state index is -4.57. The number of phosphoric acid groups is 1. The van der Waals surface area contributed by atoms with Crippen LogP contribution in [0.2, 0.25) is 0 Å². The van der Waals surface area contributed by atoms with Gasteiger partial charge in [0.2, 0.25) is 5.91 Å². The van der Waals surface area contributed by atoms with Gasteiger partial charge in [-0.25, -0.2) is 0 Å². The Kier molecular flexibility index (Phi) is 45.4. The molecule has 0 spiro atoms. The fourth-order valence-electron chi connectivity index (χ4n) is 8.13. The van der Waals surface area contributed by atoms with Gasteiger partial charge in [0, 0.05) is 6.42 Å². The highest BCUT2D eigenvalue weighted by Gasteiger charge is 2.24. The van der Waals surface area contributed by atoms with Crippen LogP contribution in [-0.2, 0) is 18.4 Å². The van der Waals surface area contributed by atoms with E-state index in [-0.39, 0.29) is 19.1 Å². The third-order valence-electron chi connectivity index (χ3n) is 12.4. The molecular formula is C54H107N2O6P. The summed E-state index contributed by atoms with van der Waals surface area (Å²) in [4.78, 5) is 25.4. The molecule has 0 aromatic heterocycles. The number of allylic oxidation sites excluding steroid dienone is 4. The summed E-state index contributed by atoms with van der Waals surface area (Å²) in [6.07, 6.45) is 56.3. The Balaban J connectivity index is 4.18. The van der Waals surface area contributed by atoms with Gasteiger partial charge in [-0.1, -0.05) is 237 Å². The molecule has 1 amide bonds. The highest BCUT2D eigenvalue weighted by atomic mass is 31.2. The molecule has 2 N–H and O–H groups in total. The van der Waals surface area contributed by atoms with Crippen LogP contribution in [0.4, 0.5) is 0 Å². The molecule has 0 bridgehead atoms. The maximum absolute atomic E-state index is 12.9. The van der Waals surface area contributed by atoms with Crippen LogP contribution >= 0.6 is 7.82 Å². The van der Waals surface area contributed by atoms with Crippen molar-refractivity contribution in [3.8, 4) is 0 Å². The van der Waals surface area contributed by atoms with E-state index in [0.29, 0.717) is 23.9 Å². The Labute approximate surface area is 392 Å². The van der Waals surface area contributed by atoms with E-state index in [0.717, 1.165) is 64.2 Å². The largest absolute Gasteiger partial charge is 0.756 e. The van der Waals surface area contributed by atoms with Crippen molar-refractivity contribution in [3.63, 3.8) is 0 Å². The molecule has 0 saturated heterocycles. The molecule has 9 heteroatoms. The van der Waals surface area contributed by atoms with Gasteiger partial charge in [-0.05, 0) is 44.9 Å². The first kappa shape index (κ1) is 62.0. The maximum atomic E-state index is 12.9. The molecule has 0 aliphatic heterocycles. The summed E-state index contributed by atoms with van der Waals surface area (Å²) in [5, 5.41) is 14.0. The quantitative estimate of drug-likeness (QED) is 0.0272. The minimum Gasteiger partial charge on any atom is -0.756 e. The summed E-state index contributed by atoms with van der Waals surface area (Å²) in [6, 6.07) is -0.807. The van der Waals surface area contributed by atoms with Crippen molar-refractivity contribution in [2.75, 3.05) is 40.9 Å². The number of phosphoric ester groups is 1. The fraction of sp³-hybridized carbons (Fsp3) is 0.907. The fourth-order valence-corrected chi connectivity index (χ4v) is 8.85. The summed E-state index contributed by atoms with van der Waals surface area (Å²) >= 11 is 0. The van der Waals surface area contributed by atoms with Crippen LogP contribution in [0.15, 0.2) is 24.3 Å². The van der Waals surface area contributed by atoms with Gasteiger partial charge >= 0.3 is 0 Å². The van der Waals surface area contributed by atoms with Crippen LogP contribution in [-0.4, -0.2) is 68.5 Å². The molecule has 0 aromatic carbocycles. The lowest BCUT2D eigenvalue weighted by Crippen LogP contribution is -2.46. The zero-order chi connectivity index (χ0) is 46.4. The Morgan fingerprint density at radius 3 is 1.33 bits per heavy atom. The minimum absolute atomic E-state index is 0.0102. The van der Waals surface area contributed by atoms with Gasteiger partial charge in [0.25, 0.3) is 7.82 Å². The predicted octanol–water partition coefficient (Wildman–Crippen LogP) is 15.4. The molecule has 374 valence electrons. The van der Waals surface area contributed by atoms with Crippen molar-refractivity contribution in [2.45, 2.75) is 276 Å². The van der Waals surface area contributed by atoms with Gasteiger partial charge in [-0.2, -0.15) is 0 Å². The Morgan fingerprint density at radius 1 is 0.556 bits per heavy atom. The summed E-state index contributed by atoms with van der Waals surface area (Å²) in [6.45, 7) is 4.72. The average Bonchev–Trinajstić information content (AvgIpc) is 3.24. The highest BCUT2D eigenvalue weighted by Crippen LogP contribution is 2.38. The van der Waals surface area contributed by atoms with E-state index in [1.807, 2.05) is 21.1 Å². The van der Waals surface area contributed by atoms with Crippen molar-refractivity contribution in [2.24, 2.45) is 0 Å². The van der Waals surface area contributed by atoms with Crippen LogP contribution in [0.3, 0.4) is 0 Å². The number of carbonyl (C=O) groups is 1. The molecule has 0 heterocycles. The van der Waals surface area contributed by atoms with Crippen molar-refractivity contribution in [1.29, 1.82) is 0 Å². The predicted molar refractivity (Wildman–Crippen MR) is 270 cm³/mol. The monoisotopic (exact) mass is 911 g/mol. The summed E-state index contributed by atoms with van der Waals surface area (Å²) in [5.41, 5.74) is 0. The van der Waals surface area contributed by atoms with Crippen LogP contribution < -0.4 is 10.2 Å². The number of unbranched alkanes of at least 4 members (excludes halogenated alkanes) is 33. The van der Waals surface area contributed by atoms with E-state index in [1.54, 1.807) is 0 Å². The average molecular weight is 911 g/mol. The summed E-state index contributed by atoms with van der Waals surface area (Å²) < 4.78 is 23.4. The Bertz CT molecular complexity index is 1080. The van der Waals surface area contributed by atoms with E-state index in [1.165, 1.54) is 173 Å². The highest BCUT2D eigenvalue weighted by molar-refractivity contribution is 7.45. The van der Waals surface area contributed by atoms with Crippen molar-refractivity contribution in [1.82, 2.24) is 5.32 Å². The molecule has 0 saturated carbocycles. The second-order valence-electron chi connectivity index (χ2n) is 19.9. The van der Waals surface area contributed by atoms with Crippen LogP contribution in [0.25, 0.3) is 0 Å². The molecule has 63 heavy (non-hydrogen) atoms. The molecule has 0 rings (SSSR count). The molecule has 0 fully saturated rings. The van der Waals surface area contributed by atoms with Gasteiger partial charge in [0.05, 0.1) is 39.9 Å². The molecule has 0 aromatic rings. The summed E-state index contributed by atoms with van der Waals surface area (Å²) in [5.74, 6) is -0.175. The number of aliphatic hydroxyl groups excluding tert-OH is 1. The van der Waals surface area contributed by atoms with E-state index in [9.17, 15) is 19.4 Å². The third-order valence-corrected chi connectivity index (χ3v) is 13.4. The number of quaternary nitrogens is 1. The van der Waals surface area contributed by atoms with Gasteiger partial charge in [0.15, 0.2) is 0 Å². The SMILES string of the molecule is CCCCCC/C=C\C/C=C\CCCCCCCC(=O)NC(COP(=O)([O-])OCC[N+](C)(C)C)C(O)CCCCCCCCCCCCCCCCCCCCCCCCCCC. The number of hydrogen-bond acceptors (Lipinski definition) is 6. The van der Waals surface area contributed by atoms with Gasteiger partial charge in [-0.15, -0.1) is 0 Å². The van der Waals surface area contributed by atoms with E-state index in [2.05, 4.69) is 43.5 Å². The van der Waals surface area contributed by atoms with E-state index < -0.39 is 20.0 Å². The molecular weight excluding hydrogens is 804 g/mol. The third kappa shape index (κ3) is 48.7. The smallest absolute Gasteiger partial charge is 0.268 e. The van der Waals surface area contributed by atoms with Crippen LogP contribution in [0.5, 0.6) is 0 Å². The summed E-state index contributed by atoms with van der Waals surface area (Å²) in [7, 11) is 1.30. The van der Waals surface area contributed by atoms with Gasteiger partial charge in [0.1, 0.15) is 13.2 Å². The Morgan fingerprint density at radius 2 is 0.921 bits per heavy atom. The number of amides is 1. The van der Waals surface area contributed by atoms with Gasteiger partial charge in [-0.3, -0.25) is 9.36 Å². The molecule has 3 atom stereocenters. The van der Waals surface area contributed by atoms with Crippen LogP contribution in [0, 0.1) is 0 Å². The lowest BCUT2D eigenvalue weighted by Gasteiger charge is -2.30. The van der Waals surface area contributed by atoms with E-state index in [4.69, 9.17) is 9.05 Å². The number of hydrogen-bond donors (Lipinski definition) is 2.